The molecule has 19 heavy (non-hydrogen) atoms. The van der Waals surface area contributed by atoms with Crippen LogP contribution >= 0.6 is 0 Å². The van der Waals surface area contributed by atoms with E-state index in [2.05, 4.69) is 62.5 Å². The van der Waals surface area contributed by atoms with Crippen molar-refractivity contribution in [3.05, 3.63) is 48.6 Å². The molecule has 0 saturated heterocycles. The molecule has 1 heteroatoms. The Balaban J connectivity index is 2.10. The SMILES string of the molecule is CCCC[C]1([Hf][C]2(CCCC)C=CC=C2)C=CC=C1. The van der Waals surface area contributed by atoms with Gasteiger partial charge in [-0.1, -0.05) is 0 Å². The molecule has 0 amide bonds. The molecule has 102 valence electrons. The van der Waals surface area contributed by atoms with Gasteiger partial charge >= 0.3 is 130 Å². The number of allylic oxidation sites excluding steroid dienone is 8. The third kappa shape index (κ3) is 3.90. The summed E-state index contributed by atoms with van der Waals surface area (Å²) in [5.41, 5.74) is 0. The first kappa shape index (κ1) is 15.2. The second-order valence-electron chi connectivity index (χ2n) is 5.85. The van der Waals surface area contributed by atoms with Gasteiger partial charge in [0.2, 0.25) is 0 Å². The summed E-state index contributed by atoms with van der Waals surface area (Å²) in [6.07, 6.45) is 27.4. The molecule has 0 radical (unpaired) electrons. The molecule has 0 atom stereocenters. The summed E-state index contributed by atoms with van der Waals surface area (Å²) in [6.45, 7) is 4.62. The fourth-order valence-corrected chi connectivity index (χ4v) is 10.9. The van der Waals surface area contributed by atoms with Crippen LogP contribution in [-0.2, 0) is 22.9 Å². The van der Waals surface area contributed by atoms with Crippen LogP contribution in [0.15, 0.2) is 48.6 Å². The third-order valence-corrected chi connectivity index (χ3v) is 11.7. The molecule has 2 aliphatic carbocycles. The van der Waals surface area contributed by atoms with Crippen molar-refractivity contribution in [2.24, 2.45) is 0 Å². The van der Waals surface area contributed by atoms with Crippen LogP contribution in [0.2, 0.25) is 6.34 Å². The molecule has 0 aromatic heterocycles. The third-order valence-electron chi connectivity index (χ3n) is 4.15. The minimum atomic E-state index is -0.832. The average Bonchev–Trinajstić information content (AvgIpc) is 3.05. The van der Waals surface area contributed by atoms with Gasteiger partial charge in [-0.25, -0.2) is 0 Å². The van der Waals surface area contributed by atoms with E-state index in [0.29, 0.717) is 6.34 Å². The van der Waals surface area contributed by atoms with Gasteiger partial charge in [0.15, 0.2) is 0 Å². The van der Waals surface area contributed by atoms with E-state index in [0.717, 1.165) is 0 Å². The summed E-state index contributed by atoms with van der Waals surface area (Å²) < 4.78 is 1.01. The fraction of sp³-hybridized carbons (Fsp3) is 0.556. The first-order chi connectivity index (χ1) is 9.24. The fourth-order valence-electron chi connectivity index (χ4n) is 3.02. The molecule has 0 aromatic rings. The van der Waals surface area contributed by atoms with Crippen LogP contribution < -0.4 is 0 Å². The molecule has 0 spiro atoms. The molecule has 0 saturated carbocycles. The molecule has 0 N–H and O–H groups in total. The first-order valence-electron chi connectivity index (χ1n) is 7.78. The van der Waals surface area contributed by atoms with Crippen LogP contribution in [0.25, 0.3) is 0 Å². The van der Waals surface area contributed by atoms with Crippen molar-refractivity contribution in [2.75, 3.05) is 0 Å². The zero-order chi connectivity index (χ0) is 13.6. The molecular formula is C18H26Hf. The van der Waals surface area contributed by atoms with Crippen LogP contribution in [0.3, 0.4) is 0 Å². The molecule has 0 heterocycles. The number of hydrogen-bond donors (Lipinski definition) is 0. The summed E-state index contributed by atoms with van der Waals surface area (Å²) in [5, 5.41) is 0. The van der Waals surface area contributed by atoms with Gasteiger partial charge in [-0.15, -0.1) is 0 Å². The van der Waals surface area contributed by atoms with E-state index in [9.17, 15) is 0 Å². The second-order valence-corrected chi connectivity index (χ2v) is 13.4. The van der Waals surface area contributed by atoms with Crippen molar-refractivity contribution >= 4 is 0 Å². The van der Waals surface area contributed by atoms with Crippen LogP contribution in [-0.4, -0.2) is 0 Å². The van der Waals surface area contributed by atoms with Crippen molar-refractivity contribution in [2.45, 2.75) is 58.7 Å². The van der Waals surface area contributed by atoms with Crippen LogP contribution in [0.5, 0.6) is 0 Å². The first-order valence-corrected chi connectivity index (χ1v) is 11.4. The Bertz CT molecular complexity index is 336. The van der Waals surface area contributed by atoms with Crippen molar-refractivity contribution in [1.29, 1.82) is 0 Å². The normalized spacial score (nSPS) is 21.4. The number of rotatable bonds is 8. The second kappa shape index (κ2) is 7.02. The minimum absolute atomic E-state index is 0.503. The van der Waals surface area contributed by atoms with Crippen molar-refractivity contribution < 1.29 is 22.9 Å². The zero-order valence-electron chi connectivity index (χ0n) is 12.4. The van der Waals surface area contributed by atoms with Gasteiger partial charge < -0.3 is 0 Å². The van der Waals surface area contributed by atoms with Crippen LogP contribution in [0.4, 0.5) is 0 Å². The van der Waals surface area contributed by atoms with E-state index >= 15 is 0 Å². The maximum absolute atomic E-state index is 2.53. The Kier molecular flexibility index (Phi) is 5.62. The summed E-state index contributed by atoms with van der Waals surface area (Å²) in [5.74, 6) is 0. The molecule has 0 bridgehead atoms. The Labute approximate surface area is 130 Å². The standard InChI is InChI=1S/2C9H13.Hf/c2*1-2-3-6-9-7-4-5-8-9;/h2*4-5,7-8H,2-3,6H2,1H3;. The van der Waals surface area contributed by atoms with Crippen LogP contribution in [0, 0.1) is 0 Å². The predicted octanol–water partition coefficient (Wildman–Crippen LogP) is 6.02. The monoisotopic (exact) mass is 422 g/mol. The topological polar surface area (TPSA) is 0 Å². The Hall–Kier alpha value is -0.170. The van der Waals surface area contributed by atoms with E-state index in [1.165, 1.54) is 38.5 Å². The Morgan fingerprint density at radius 1 is 0.684 bits per heavy atom. The van der Waals surface area contributed by atoms with E-state index in [-0.39, 0.29) is 0 Å². The molecule has 2 aliphatic rings. The molecular weight excluding hydrogens is 395 g/mol. The van der Waals surface area contributed by atoms with E-state index in [1.54, 1.807) is 0 Å². The predicted molar refractivity (Wildman–Crippen MR) is 81.0 cm³/mol. The maximum atomic E-state index is 2.53. The van der Waals surface area contributed by atoms with Gasteiger partial charge in [0.1, 0.15) is 0 Å². The zero-order valence-corrected chi connectivity index (χ0v) is 16.0. The van der Waals surface area contributed by atoms with Gasteiger partial charge in [0.05, 0.1) is 0 Å². The van der Waals surface area contributed by atoms with Crippen molar-refractivity contribution in [1.82, 2.24) is 0 Å². The molecule has 0 unspecified atom stereocenters. The van der Waals surface area contributed by atoms with E-state index in [4.69, 9.17) is 0 Å². The number of unbranched alkanes of at least 4 members (excludes halogenated alkanes) is 2. The average molecular weight is 421 g/mol. The Morgan fingerprint density at radius 3 is 1.37 bits per heavy atom. The molecule has 2 rings (SSSR count). The van der Waals surface area contributed by atoms with Gasteiger partial charge in [-0.2, -0.15) is 0 Å². The van der Waals surface area contributed by atoms with Crippen molar-refractivity contribution in [3.63, 3.8) is 0 Å². The summed E-state index contributed by atoms with van der Waals surface area (Å²) >= 11 is -0.832. The van der Waals surface area contributed by atoms with Gasteiger partial charge in [0.25, 0.3) is 0 Å². The van der Waals surface area contributed by atoms with Crippen LogP contribution in [0.1, 0.15) is 52.4 Å². The Morgan fingerprint density at radius 2 is 1.05 bits per heavy atom. The summed E-state index contributed by atoms with van der Waals surface area (Å²) in [4.78, 5) is 0. The summed E-state index contributed by atoms with van der Waals surface area (Å²) in [7, 11) is 0. The van der Waals surface area contributed by atoms with Gasteiger partial charge in [-0.3, -0.25) is 0 Å². The van der Waals surface area contributed by atoms with Gasteiger partial charge in [0, 0.05) is 0 Å². The van der Waals surface area contributed by atoms with E-state index < -0.39 is 22.9 Å². The summed E-state index contributed by atoms with van der Waals surface area (Å²) in [6, 6.07) is 0. The van der Waals surface area contributed by atoms with E-state index in [1.807, 2.05) is 0 Å². The van der Waals surface area contributed by atoms with Crippen molar-refractivity contribution in [3.8, 4) is 0 Å². The quantitative estimate of drug-likeness (QED) is 0.421. The molecule has 0 nitrogen and oxygen atoms in total. The molecule has 0 aliphatic heterocycles. The molecule has 0 fully saturated rings. The molecule has 0 aromatic carbocycles. The number of hydrogen-bond acceptors (Lipinski definition) is 0. The van der Waals surface area contributed by atoms with Gasteiger partial charge in [-0.05, 0) is 0 Å².